The van der Waals surface area contributed by atoms with Gasteiger partial charge in [0.1, 0.15) is 11.5 Å². The first-order valence-corrected chi connectivity index (χ1v) is 12.8. The summed E-state index contributed by atoms with van der Waals surface area (Å²) in [6.07, 6.45) is 1.00. The Morgan fingerprint density at radius 1 is 1.14 bits per heavy atom. The second-order valence-electron chi connectivity index (χ2n) is 9.87. The molecule has 188 valence electrons. The molecule has 0 radical (unpaired) electrons. The summed E-state index contributed by atoms with van der Waals surface area (Å²) in [4.78, 5) is 11.4. The van der Waals surface area contributed by atoms with Gasteiger partial charge in [-0.1, -0.05) is 60.6 Å². The fourth-order valence-corrected chi connectivity index (χ4v) is 5.29. The zero-order valence-electron chi connectivity index (χ0n) is 21.2. The van der Waals surface area contributed by atoms with Gasteiger partial charge in [-0.2, -0.15) is 0 Å². The molecule has 0 bridgehead atoms. The molecule has 3 aromatic rings. The van der Waals surface area contributed by atoms with Gasteiger partial charge in [-0.15, -0.1) is 0 Å². The van der Waals surface area contributed by atoms with E-state index in [-0.39, 0.29) is 0 Å². The number of nitrogens with one attached hydrogen (secondary N) is 1. The topological polar surface area (TPSA) is 34.1 Å². The van der Waals surface area contributed by atoms with E-state index >= 15 is 4.39 Å². The first-order valence-electron chi connectivity index (χ1n) is 12.5. The monoisotopic (exact) mass is 505 g/mol. The molecule has 0 amide bonds. The molecule has 1 N–H and O–H groups in total. The largest absolute Gasteiger partial charge is 0.359 e. The Hall–Kier alpha value is -2.93. The second-order valence-corrected chi connectivity index (χ2v) is 10.3. The average Bonchev–Trinajstić information content (AvgIpc) is 2.84. The minimum absolute atomic E-state index is 0.295. The zero-order chi connectivity index (χ0) is 25.4. The van der Waals surface area contributed by atoms with E-state index in [9.17, 15) is 0 Å². The molecule has 2 saturated heterocycles. The van der Waals surface area contributed by atoms with Crippen molar-refractivity contribution in [2.75, 3.05) is 46.9 Å². The second kappa shape index (κ2) is 10.2. The van der Waals surface area contributed by atoms with Crippen LogP contribution in [-0.2, 0) is 0 Å². The Morgan fingerprint density at radius 2 is 1.89 bits per heavy atom. The van der Waals surface area contributed by atoms with Crippen LogP contribution in [0.1, 0.15) is 18.9 Å². The number of benzene rings is 3. The standard InChI is InChI=1S/C29H33ClFN5/c1-19(35-14-8-13-32-18-35)25-15-26(30)27(24-12-7-10-21-9-5-6-11-23(21)24)28(31)29(25)33-20(2)36-16-22(17-36)34(3)4/h5-7,9-12,15,22,32H,1,8,13-14,16-18H2,2-4H3. The zero-order valence-corrected chi connectivity index (χ0v) is 21.9. The molecule has 2 aliphatic heterocycles. The van der Waals surface area contributed by atoms with Gasteiger partial charge >= 0.3 is 0 Å². The van der Waals surface area contributed by atoms with Crippen LogP contribution in [0.4, 0.5) is 10.1 Å². The molecule has 5 nitrogen and oxygen atoms in total. The van der Waals surface area contributed by atoms with Crippen molar-refractivity contribution in [1.29, 1.82) is 0 Å². The quantitative estimate of drug-likeness (QED) is 0.350. The number of amidine groups is 1. The predicted molar refractivity (Wildman–Crippen MR) is 149 cm³/mol. The minimum Gasteiger partial charge on any atom is -0.359 e. The molecule has 36 heavy (non-hydrogen) atoms. The fourth-order valence-electron chi connectivity index (χ4n) is 5.00. The predicted octanol–water partition coefficient (Wildman–Crippen LogP) is 5.82. The van der Waals surface area contributed by atoms with Gasteiger partial charge in [0.25, 0.3) is 0 Å². The van der Waals surface area contributed by atoms with E-state index in [1.165, 1.54) is 0 Å². The lowest BCUT2D eigenvalue weighted by atomic mass is 9.95. The summed E-state index contributed by atoms with van der Waals surface area (Å²) in [6.45, 7) is 10.5. The molecule has 0 atom stereocenters. The average molecular weight is 506 g/mol. The van der Waals surface area contributed by atoms with Gasteiger partial charge in [-0.25, -0.2) is 9.38 Å². The van der Waals surface area contributed by atoms with E-state index in [0.29, 0.717) is 34.5 Å². The van der Waals surface area contributed by atoms with Gasteiger partial charge in [-0.05, 0) is 56.4 Å². The Bertz CT molecular complexity index is 1320. The van der Waals surface area contributed by atoms with Gasteiger partial charge in [0.15, 0.2) is 5.82 Å². The van der Waals surface area contributed by atoms with E-state index in [4.69, 9.17) is 16.6 Å². The normalized spacial score (nSPS) is 17.1. The highest BCUT2D eigenvalue weighted by Crippen LogP contribution is 2.43. The highest BCUT2D eigenvalue weighted by molar-refractivity contribution is 6.34. The summed E-state index contributed by atoms with van der Waals surface area (Å²) in [5, 5.41) is 5.72. The van der Waals surface area contributed by atoms with Crippen molar-refractivity contribution >= 4 is 39.6 Å². The molecule has 7 heteroatoms. The number of nitrogens with zero attached hydrogens (tertiary/aromatic N) is 4. The van der Waals surface area contributed by atoms with Gasteiger partial charge in [0.2, 0.25) is 0 Å². The summed E-state index contributed by atoms with van der Waals surface area (Å²) in [5.74, 6) is 0.382. The summed E-state index contributed by atoms with van der Waals surface area (Å²) >= 11 is 6.84. The minimum atomic E-state index is -0.413. The van der Waals surface area contributed by atoms with Gasteiger partial charge in [0, 0.05) is 42.5 Å². The van der Waals surface area contributed by atoms with Crippen LogP contribution in [0.25, 0.3) is 27.6 Å². The Kier molecular flexibility index (Phi) is 7.02. The number of halogens is 2. The van der Waals surface area contributed by atoms with Crippen molar-refractivity contribution in [1.82, 2.24) is 20.0 Å². The maximum Gasteiger partial charge on any atom is 0.158 e. The third-order valence-corrected chi connectivity index (χ3v) is 7.65. The number of rotatable bonds is 5. The van der Waals surface area contributed by atoms with Crippen molar-refractivity contribution in [3.05, 3.63) is 71.5 Å². The number of likely N-dealkylation sites (tertiary alicyclic amines) is 1. The van der Waals surface area contributed by atoms with Crippen molar-refractivity contribution in [2.45, 2.75) is 19.4 Å². The van der Waals surface area contributed by atoms with Crippen LogP contribution >= 0.6 is 11.6 Å². The third-order valence-electron chi connectivity index (χ3n) is 7.35. The summed E-state index contributed by atoms with van der Waals surface area (Å²) in [6, 6.07) is 16.2. The van der Waals surface area contributed by atoms with Crippen LogP contribution in [0.15, 0.2) is 60.1 Å². The van der Waals surface area contributed by atoms with Crippen molar-refractivity contribution < 1.29 is 4.39 Å². The molecule has 0 unspecified atom stereocenters. The Labute approximate surface area is 217 Å². The summed E-state index contributed by atoms with van der Waals surface area (Å²) in [5.41, 5.74) is 2.80. The first kappa shape index (κ1) is 24.8. The van der Waals surface area contributed by atoms with Gasteiger partial charge in [-0.3, -0.25) is 5.32 Å². The molecule has 3 aromatic carbocycles. The SMILES string of the molecule is C=C(c1cc(Cl)c(-c2cccc3ccccc23)c(F)c1N=C(C)N1CC(N(C)C)C1)N1CCCNC1. The van der Waals surface area contributed by atoms with E-state index in [0.717, 1.165) is 60.5 Å². The molecule has 0 saturated carbocycles. The van der Waals surface area contributed by atoms with Crippen molar-refractivity contribution in [2.24, 2.45) is 4.99 Å². The van der Waals surface area contributed by atoms with E-state index in [1.807, 2.05) is 55.5 Å². The number of aliphatic imine (C=N–C) groups is 1. The lowest BCUT2D eigenvalue weighted by Gasteiger charge is -2.44. The van der Waals surface area contributed by atoms with Crippen molar-refractivity contribution in [3.63, 3.8) is 0 Å². The number of fused-ring (bicyclic) bond motifs is 1. The maximum atomic E-state index is 16.6. The fraction of sp³-hybridized carbons (Fsp3) is 0.345. The lowest BCUT2D eigenvalue weighted by Crippen LogP contribution is -2.58. The van der Waals surface area contributed by atoms with Crippen LogP contribution in [-0.4, -0.2) is 73.5 Å². The summed E-state index contributed by atoms with van der Waals surface area (Å²) < 4.78 is 16.6. The van der Waals surface area contributed by atoms with Gasteiger partial charge < -0.3 is 14.7 Å². The molecule has 0 aromatic heterocycles. The number of hydrogen-bond acceptors (Lipinski definition) is 4. The molecule has 2 fully saturated rings. The molecule has 5 rings (SSSR count). The summed E-state index contributed by atoms with van der Waals surface area (Å²) in [7, 11) is 4.16. The molecular formula is C29H33ClFN5. The lowest BCUT2D eigenvalue weighted by molar-refractivity contribution is 0.123. The van der Waals surface area contributed by atoms with Crippen LogP contribution in [0.5, 0.6) is 0 Å². The van der Waals surface area contributed by atoms with Gasteiger partial charge in [0.05, 0.1) is 11.7 Å². The van der Waals surface area contributed by atoms with Crippen LogP contribution in [0.3, 0.4) is 0 Å². The maximum absolute atomic E-state index is 16.6. The first-order chi connectivity index (χ1) is 17.3. The van der Waals surface area contributed by atoms with Crippen LogP contribution in [0, 0.1) is 5.82 Å². The van der Waals surface area contributed by atoms with E-state index < -0.39 is 5.82 Å². The molecule has 0 spiro atoms. The number of likely N-dealkylation sites (N-methyl/N-ethyl adjacent to an activating group) is 1. The number of hydrogen-bond donors (Lipinski definition) is 1. The Balaban J connectivity index is 1.64. The van der Waals surface area contributed by atoms with E-state index in [1.54, 1.807) is 0 Å². The molecular weight excluding hydrogens is 473 g/mol. The molecule has 0 aliphatic carbocycles. The van der Waals surface area contributed by atoms with E-state index in [2.05, 4.69) is 40.7 Å². The molecule has 2 aliphatic rings. The van der Waals surface area contributed by atoms with Crippen LogP contribution in [0.2, 0.25) is 5.02 Å². The highest BCUT2D eigenvalue weighted by atomic mass is 35.5. The smallest absolute Gasteiger partial charge is 0.158 e. The third kappa shape index (κ3) is 4.61. The molecule has 2 heterocycles. The van der Waals surface area contributed by atoms with Crippen LogP contribution < -0.4 is 5.32 Å². The van der Waals surface area contributed by atoms with Crippen molar-refractivity contribution in [3.8, 4) is 11.1 Å². The Morgan fingerprint density at radius 3 is 2.61 bits per heavy atom. The highest BCUT2D eigenvalue weighted by Gasteiger charge is 2.30.